The SMILES string of the molecule is [CH](CCCCC1CC1)c1ccccc1. The smallest absolute Gasteiger partial charge is 0.00931 e. The highest BCUT2D eigenvalue weighted by Crippen LogP contribution is 2.34. The van der Waals surface area contributed by atoms with E-state index in [9.17, 15) is 0 Å². The third kappa shape index (κ3) is 3.53. The molecule has 0 atom stereocenters. The summed E-state index contributed by atoms with van der Waals surface area (Å²) in [6.45, 7) is 0. The highest BCUT2D eigenvalue weighted by atomic mass is 14.3. The molecule has 1 saturated carbocycles. The molecule has 75 valence electrons. The molecule has 1 aliphatic carbocycles. The van der Waals surface area contributed by atoms with Crippen LogP contribution < -0.4 is 0 Å². The van der Waals surface area contributed by atoms with Crippen LogP contribution in [0.15, 0.2) is 30.3 Å². The van der Waals surface area contributed by atoms with E-state index in [1.807, 2.05) is 0 Å². The van der Waals surface area contributed by atoms with Crippen LogP contribution in [0, 0.1) is 12.3 Å². The topological polar surface area (TPSA) is 0 Å². The van der Waals surface area contributed by atoms with Gasteiger partial charge >= 0.3 is 0 Å². The van der Waals surface area contributed by atoms with Crippen molar-refractivity contribution in [3.05, 3.63) is 42.3 Å². The molecule has 0 heteroatoms. The minimum Gasteiger partial charge on any atom is -0.0622 e. The molecule has 0 nitrogen and oxygen atoms in total. The van der Waals surface area contributed by atoms with E-state index in [0.29, 0.717) is 0 Å². The van der Waals surface area contributed by atoms with E-state index in [0.717, 1.165) is 5.92 Å². The van der Waals surface area contributed by atoms with Crippen LogP contribution in [0.4, 0.5) is 0 Å². The van der Waals surface area contributed by atoms with Gasteiger partial charge in [-0.2, -0.15) is 0 Å². The highest BCUT2D eigenvalue weighted by molar-refractivity contribution is 5.21. The summed E-state index contributed by atoms with van der Waals surface area (Å²) in [7, 11) is 0. The largest absolute Gasteiger partial charge is 0.0622 e. The maximum atomic E-state index is 2.35. The number of unbranched alkanes of at least 4 members (excludes halogenated alkanes) is 2. The van der Waals surface area contributed by atoms with Crippen LogP contribution in [-0.4, -0.2) is 0 Å². The van der Waals surface area contributed by atoms with Gasteiger partial charge in [0.05, 0.1) is 0 Å². The fourth-order valence-corrected chi connectivity index (χ4v) is 1.84. The van der Waals surface area contributed by atoms with Gasteiger partial charge in [0.25, 0.3) is 0 Å². The predicted molar refractivity (Wildman–Crippen MR) is 61.0 cm³/mol. The molecular weight excluding hydrogens is 168 g/mol. The molecule has 0 amide bonds. The van der Waals surface area contributed by atoms with Gasteiger partial charge in [-0.05, 0) is 24.3 Å². The molecule has 0 aliphatic heterocycles. The average Bonchev–Trinajstić information content (AvgIpc) is 3.03. The molecule has 0 heterocycles. The van der Waals surface area contributed by atoms with Gasteiger partial charge in [0.15, 0.2) is 0 Å². The van der Waals surface area contributed by atoms with Crippen molar-refractivity contribution >= 4 is 0 Å². The highest BCUT2D eigenvalue weighted by Gasteiger charge is 2.19. The van der Waals surface area contributed by atoms with E-state index in [2.05, 4.69) is 36.8 Å². The van der Waals surface area contributed by atoms with E-state index in [4.69, 9.17) is 0 Å². The van der Waals surface area contributed by atoms with Crippen molar-refractivity contribution in [2.75, 3.05) is 0 Å². The van der Waals surface area contributed by atoms with Crippen LogP contribution in [0.1, 0.15) is 44.1 Å². The second kappa shape index (κ2) is 5.19. The standard InChI is InChI=1S/C14H19/c1-3-7-13(8-4-1)9-5-2-6-10-14-11-12-14/h1,3-4,7-9,14H,2,5-6,10-12H2. The summed E-state index contributed by atoms with van der Waals surface area (Å²) in [5.74, 6) is 1.10. The molecule has 1 aliphatic rings. The first-order valence-corrected chi connectivity index (χ1v) is 5.83. The lowest BCUT2D eigenvalue weighted by Crippen LogP contribution is -1.83. The predicted octanol–water partition coefficient (Wildman–Crippen LogP) is 4.21. The van der Waals surface area contributed by atoms with Crippen LogP contribution >= 0.6 is 0 Å². The van der Waals surface area contributed by atoms with Gasteiger partial charge in [-0.25, -0.2) is 0 Å². The van der Waals surface area contributed by atoms with Gasteiger partial charge in [-0.1, -0.05) is 62.4 Å². The molecule has 0 N–H and O–H groups in total. The van der Waals surface area contributed by atoms with Crippen LogP contribution in [0.25, 0.3) is 0 Å². The monoisotopic (exact) mass is 187 g/mol. The van der Waals surface area contributed by atoms with Crippen LogP contribution in [0.2, 0.25) is 0 Å². The summed E-state index contributed by atoms with van der Waals surface area (Å²) in [4.78, 5) is 0. The third-order valence-corrected chi connectivity index (χ3v) is 2.94. The van der Waals surface area contributed by atoms with E-state index in [1.165, 1.54) is 44.1 Å². The first kappa shape index (κ1) is 9.76. The second-order valence-electron chi connectivity index (χ2n) is 4.34. The number of hydrogen-bond acceptors (Lipinski definition) is 0. The summed E-state index contributed by atoms with van der Waals surface area (Å²) in [5, 5.41) is 0. The molecule has 0 saturated heterocycles. The summed E-state index contributed by atoms with van der Waals surface area (Å²) in [6, 6.07) is 10.7. The molecule has 0 aromatic heterocycles. The van der Waals surface area contributed by atoms with Crippen molar-refractivity contribution in [2.45, 2.75) is 38.5 Å². The second-order valence-corrected chi connectivity index (χ2v) is 4.34. The Kier molecular flexibility index (Phi) is 3.62. The Morgan fingerprint density at radius 3 is 2.57 bits per heavy atom. The zero-order chi connectivity index (χ0) is 9.64. The molecule has 0 spiro atoms. The molecule has 2 rings (SSSR count). The molecule has 1 fully saturated rings. The Morgan fingerprint density at radius 1 is 1.07 bits per heavy atom. The Balaban J connectivity index is 1.54. The minimum atomic E-state index is 1.10. The van der Waals surface area contributed by atoms with Crippen molar-refractivity contribution < 1.29 is 0 Å². The number of rotatable bonds is 6. The van der Waals surface area contributed by atoms with Gasteiger partial charge in [0.1, 0.15) is 0 Å². The fraction of sp³-hybridized carbons (Fsp3) is 0.500. The molecule has 1 aromatic rings. The maximum Gasteiger partial charge on any atom is -0.00931 e. The van der Waals surface area contributed by atoms with Crippen molar-refractivity contribution in [1.29, 1.82) is 0 Å². The van der Waals surface area contributed by atoms with Gasteiger partial charge in [-0.15, -0.1) is 0 Å². The fourth-order valence-electron chi connectivity index (χ4n) is 1.84. The van der Waals surface area contributed by atoms with E-state index in [-0.39, 0.29) is 0 Å². The minimum absolute atomic E-state index is 1.10. The van der Waals surface area contributed by atoms with Gasteiger partial charge < -0.3 is 0 Å². The van der Waals surface area contributed by atoms with Gasteiger partial charge in [0, 0.05) is 0 Å². The van der Waals surface area contributed by atoms with Gasteiger partial charge in [0.2, 0.25) is 0 Å². The molecule has 0 bridgehead atoms. The van der Waals surface area contributed by atoms with E-state index < -0.39 is 0 Å². The number of hydrogen-bond donors (Lipinski definition) is 0. The molecule has 1 aromatic carbocycles. The zero-order valence-corrected chi connectivity index (χ0v) is 8.78. The Morgan fingerprint density at radius 2 is 1.86 bits per heavy atom. The van der Waals surface area contributed by atoms with Crippen molar-refractivity contribution in [3.63, 3.8) is 0 Å². The third-order valence-electron chi connectivity index (χ3n) is 2.94. The van der Waals surface area contributed by atoms with Crippen molar-refractivity contribution in [2.24, 2.45) is 5.92 Å². The first-order valence-electron chi connectivity index (χ1n) is 5.83. The molecule has 0 unspecified atom stereocenters. The Labute approximate surface area is 87.3 Å². The lowest BCUT2D eigenvalue weighted by Gasteiger charge is -2.00. The Hall–Kier alpha value is -0.780. The first-order chi connectivity index (χ1) is 6.95. The lowest BCUT2D eigenvalue weighted by atomic mass is 10.1. The van der Waals surface area contributed by atoms with Crippen molar-refractivity contribution in [1.82, 2.24) is 0 Å². The number of benzene rings is 1. The summed E-state index contributed by atoms with van der Waals surface area (Å²) < 4.78 is 0. The van der Waals surface area contributed by atoms with E-state index in [1.54, 1.807) is 0 Å². The van der Waals surface area contributed by atoms with Crippen LogP contribution in [-0.2, 0) is 0 Å². The average molecular weight is 187 g/mol. The summed E-state index contributed by atoms with van der Waals surface area (Å²) in [5.41, 5.74) is 1.37. The molecular formula is C14H19. The zero-order valence-electron chi connectivity index (χ0n) is 8.78. The van der Waals surface area contributed by atoms with Crippen LogP contribution in [0.5, 0.6) is 0 Å². The summed E-state index contributed by atoms with van der Waals surface area (Å²) in [6.07, 6.45) is 10.9. The molecule has 14 heavy (non-hydrogen) atoms. The van der Waals surface area contributed by atoms with E-state index >= 15 is 0 Å². The van der Waals surface area contributed by atoms with Crippen LogP contribution in [0.3, 0.4) is 0 Å². The summed E-state index contributed by atoms with van der Waals surface area (Å²) >= 11 is 0. The molecule has 1 radical (unpaired) electrons. The van der Waals surface area contributed by atoms with Crippen molar-refractivity contribution in [3.8, 4) is 0 Å². The quantitative estimate of drug-likeness (QED) is 0.585. The lowest BCUT2D eigenvalue weighted by molar-refractivity contribution is 0.627. The normalized spacial score (nSPS) is 15.7. The maximum absolute atomic E-state index is 2.35. The Bertz CT molecular complexity index is 246. The van der Waals surface area contributed by atoms with Gasteiger partial charge in [-0.3, -0.25) is 0 Å².